The topological polar surface area (TPSA) is 63.1 Å². The van der Waals surface area contributed by atoms with Crippen molar-refractivity contribution in [1.29, 1.82) is 0 Å². The van der Waals surface area contributed by atoms with Crippen LogP contribution in [0.4, 0.5) is 5.82 Å². The molecule has 3 rings (SSSR count). The van der Waals surface area contributed by atoms with Gasteiger partial charge in [0.05, 0.1) is 5.69 Å². The second-order valence-corrected chi connectivity index (χ2v) is 5.98. The van der Waals surface area contributed by atoms with Gasteiger partial charge in [-0.1, -0.05) is 0 Å². The van der Waals surface area contributed by atoms with Gasteiger partial charge in [0.25, 0.3) is 0 Å². The molecule has 0 saturated heterocycles. The summed E-state index contributed by atoms with van der Waals surface area (Å²) in [6.45, 7) is 6.26. The Bertz CT molecular complexity index is 668. The molecule has 23 heavy (non-hydrogen) atoms. The molecule has 1 amide bonds. The van der Waals surface area contributed by atoms with E-state index in [0.717, 1.165) is 36.6 Å². The molecule has 0 fully saturated rings. The highest BCUT2D eigenvalue weighted by Crippen LogP contribution is 2.21. The van der Waals surface area contributed by atoms with Gasteiger partial charge < -0.3 is 14.8 Å². The maximum absolute atomic E-state index is 12.6. The summed E-state index contributed by atoms with van der Waals surface area (Å²) < 4.78 is 2.07. The molecule has 6 heteroatoms. The molecule has 0 bridgehead atoms. The molecule has 2 aromatic rings. The Morgan fingerprint density at radius 2 is 2.13 bits per heavy atom. The number of carbonyl (C=O) groups excluding carboxylic acids is 1. The standard InChI is InChI=1S/C17H23N5O/c1-3-18-16-11-14-12-22(9-6-15(14)19-20-16)17(23)10-13(2)21-7-4-5-8-21/h4-5,7-8,11,13H,3,6,9-10,12H2,1-2H3,(H,18,20)/t13-/m0/s1. The minimum absolute atomic E-state index is 0.173. The van der Waals surface area contributed by atoms with Gasteiger partial charge in [-0.2, -0.15) is 5.10 Å². The van der Waals surface area contributed by atoms with Gasteiger partial charge in [-0.25, -0.2) is 0 Å². The molecule has 1 aliphatic heterocycles. The zero-order valence-electron chi connectivity index (χ0n) is 13.7. The molecule has 1 N–H and O–H groups in total. The number of fused-ring (bicyclic) bond motifs is 1. The second kappa shape index (κ2) is 6.81. The maximum Gasteiger partial charge on any atom is 0.224 e. The first-order chi connectivity index (χ1) is 11.2. The largest absolute Gasteiger partial charge is 0.369 e. The molecular weight excluding hydrogens is 290 g/mol. The number of anilines is 1. The number of carbonyl (C=O) groups is 1. The zero-order valence-corrected chi connectivity index (χ0v) is 13.7. The van der Waals surface area contributed by atoms with Crippen LogP contribution >= 0.6 is 0 Å². The van der Waals surface area contributed by atoms with Crippen molar-refractivity contribution in [3.05, 3.63) is 41.9 Å². The molecule has 2 aromatic heterocycles. The van der Waals surface area contributed by atoms with Crippen LogP contribution in [-0.4, -0.2) is 38.7 Å². The summed E-state index contributed by atoms with van der Waals surface area (Å²) in [5.41, 5.74) is 2.11. The minimum Gasteiger partial charge on any atom is -0.369 e. The molecule has 0 saturated carbocycles. The van der Waals surface area contributed by atoms with E-state index in [0.29, 0.717) is 13.0 Å². The third-order valence-electron chi connectivity index (χ3n) is 4.26. The molecule has 0 unspecified atom stereocenters. The molecule has 0 spiro atoms. The summed E-state index contributed by atoms with van der Waals surface area (Å²) in [6, 6.07) is 6.16. The molecule has 3 heterocycles. The Hall–Kier alpha value is -2.37. The molecule has 1 aliphatic rings. The number of rotatable bonds is 5. The number of amides is 1. The molecule has 0 aromatic carbocycles. The molecule has 6 nitrogen and oxygen atoms in total. The van der Waals surface area contributed by atoms with Gasteiger partial charge >= 0.3 is 0 Å². The second-order valence-electron chi connectivity index (χ2n) is 5.98. The average Bonchev–Trinajstić information content (AvgIpc) is 3.09. The Morgan fingerprint density at radius 3 is 2.87 bits per heavy atom. The van der Waals surface area contributed by atoms with E-state index in [1.807, 2.05) is 42.4 Å². The van der Waals surface area contributed by atoms with Crippen molar-refractivity contribution >= 4 is 11.7 Å². The first kappa shape index (κ1) is 15.5. The monoisotopic (exact) mass is 313 g/mol. The number of hydrogen-bond donors (Lipinski definition) is 1. The summed E-state index contributed by atoms with van der Waals surface area (Å²) in [6.07, 6.45) is 5.30. The molecule has 0 aliphatic carbocycles. The molecule has 122 valence electrons. The lowest BCUT2D eigenvalue weighted by Crippen LogP contribution is -2.37. The van der Waals surface area contributed by atoms with Crippen molar-refractivity contribution in [2.24, 2.45) is 0 Å². The SMILES string of the molecule is CCNc1cc2c(nn1)CCN(C(=O)C[C@H](C)n1cccc1)C2. The highest BCUT2D eigenvalue weighted by molar-refractivity contribution is 5.77. The van der Waals surface area contributed by atoms with Crippen LogP contribution in [0.5, 0.6) is 0 Å². The summed E-state index contributed by atoms with van der Waals surface area (Å²) in [5, 5.41) is 11.6. The number of aromatic nitrogens is 3. The van der Waals surface area contributed by atoms with Crippen LogP contribution in [0.25, 0.3) is 0 Å². The third-order valence-corrected chi connectivity index (χ3v) is 4.26. The number of nitrogens with one attached hydrogen (secondary N) is 1. The Kier molecular flexibility index (Phi) is 4.60. The first-order valence-electron chi connectivity index (χ1n) is 8.17. The van der Waals surface area contributed by atoms with E-state index < -0.39 is 0 Å². The van der Waals surface area contributed by atoms with Crippen LogP contribution in [0.1, 0.15) is 37.6 Å². The van der Waals surface area contributed by atoms with E-state index in [2.05, 4.69) is 27.0 Å². The van der Waals surface area contributed by atoms with Gasteiger partial charge in [-0.05, 0) is 37.6 Å². The van der Waals surface area contributed by atoms with Crippen molar-refractivity contribution in [2.75, 3.05) is 18.4 Å². The molecular formula is C17H23N5O. The maximum atomic E-state index is 12.6. The number of hydrogen-bond acceptors (Lipinski definition) is 4. The van der Waals surface area contributed by atoms with Gasteiger partial charge in [0, 0.05) is 50.9 Å². The Morgan fingerprint density at radius 1 is 1.35 bits per heavy atom. The van der Waals surface area contributed by atoms with Gasteiger partial charge in [0.2, 0.25) is 5.91 Å². The van der Waals surface area contributed by atoms with E-state index in [4.69, 9.17) is 0 Å². The fourth-order valence-corrected chi connectivity index (χ4v) is 2.94. The summed E-state index contributed by atoms with van der Waals surface area (Å²) in [5.74, 6) is 0.972. The fourth-order valence-electron chi connectivity index (χ4n) is 2.94. The van der Waals surface area contributed by atoms with E-state index in [9.17, 15) is 4.79 Å². The van der Waals surface area contributed by atoms with Crippen molar-refractivity contribution in [3.63, 3.8) is 0 Å². The first-order valence-corrected chi connectivity index (χ1v) is 8.17. The predicted octanol–water partition coefficient (Wildman–Crippen LogP) is 2.25. The van der Waals surface area contributed by atoms with Crippen LogP contribution < -0.4 is 5.32 Å². The van der Waals surface area contributed by atoms with Crippen LogP contribution in [0.2, 0.25) is 0 Å². The van der Waals surface area contributed by atoms with Crippen LogP contribution in [0.3, 0.4) is 0 Å². The van der Waals surface area contributed by atoms with Crippen molar-refractivity contribution < 1.29 is 4.79 Å². The normalized spacial score (nSPS) is 15.1. The highest BCUT2D eigenvalue weighted by atomic mass is 16.2. The zero-order chi connectivity index (χ0) is 16.2. The van der Waals surface area contributed by atoms with Crippen LogP contribution in [-0.2, 0) is 17.8 Å². The molecule has 1 atom stereocenters. The lowest BCUT2D eigenvalue weighted by atomic mass is 10.1. The molecule has 0 radical (unpaired) electrons. The van der Waals surface area contributed by atoms with E-state index in [1.54, 1.807) is 0 Å². The van der Waals surface area contributed by atoms with Gasteiger partial charge in [-0.3, -0.25) is 4.79 Å². The van der Waals surface area contributed by atoms with E-state index in [1.165, 1.54) is 0 Å². The minimum atomic E-state index is 0.173. The average molecular weight is 313 g/mol. The smallest absolute Gasteiger partial charge is 0.224 e. The predicted molar refractivity (Wildman–Crippen MR) is 89.1 cm³/mol. The summed E-state index contributed by atoms with van der Waals surface area (Å²) >= 11 is 0. The quantitative estimate of drug-likeness (QED) is 0.919. The van der Waals surface area contributed by atoms with Gasteiger partial charge in [0.1, 0.15) is 5.82 Å². The van der Waals surface area contributed by atoms with Crippen molar-refractivity contribution in [1.82, 2.24) is 19.7 Å². The van der Waals surface area contributed by atoms with Gasteiger partial charge in [-0.15, -0.1) is 5.10 Å². The lowest BCUT2D eigenvalue weighted by Gasteiger charge is -2.29. The summed E-state index contributed by atoms with van der Waals surface area (Å²) in [4.78, 5) is 14.5. The fraction of sp³-hybridized carbons (Fsp3) is 0.471. The van der Waals surface area contributed by atoms with Crippen LogP contribution in [0, 0.1) is 0 Å². The van der Waals surface area contributed by atoms with Crippen LogP contribution in [0.15, 0.2) is 30.6 Å². The number of nitrogens with zero attached hydrogens (tertiary/aromatic N) is 4. The Balaban J connectivity index is 1.66. The lowest BCUT2D eigenvalue weighted by molar-refractivity contribution is -0.132. The Labute approximate surface area is 136 Å². The van der Waals surface area contributed by atoms with E-state index in [-0.39, 0.29) is 11.9 Å². The van der Waals surface area contributed by atoms with Crippen molar-refractivity contribution in [3.8, 4) is 0 Å². The van der Waals surface area contributed by atoms with Gasteiger partial charge in [0.15, 0.2) is 0 Å². The summed E-state index contributed by atoms with van der Waals surface area (Å²) in [7, 11) is 0. The highest BCUT2D eigenvalue weighted by Gasteiger charge is 2.23. The third kappa shape index (κ3) is 3.52. The van der Waals surface area contributed by atoms with E-state index >= 15 is 0 Å². The van der Waals surface area contributed by atoms with Crippen molar-refractivity contribution in [2.45, 2.75) is 39.3 Å².